The molecule has 1 aromatic rings. The van der Waals surface area contributed by atoms with Crippen LogP contribution in [-0.2, 0) is 16.3 Å². The van der Waals surface area contributed by atoms with E-state index in [9.17, 15) is 13.2 Å². The highest BCUT2D eigenvalue weighted by Gasteiger charge is 2.33. The van der Waals surface area contributed by atoms with Crippen LogP contribution in [0.4, 0.5) is 0 Å². The maximum absolute atomic E-state index is 12.3. The molecule has 0 aliphatic carbocycles. The van der Waals surface area contributed by atoms with Gasteiger partial charge in [0, 0.05) is 5.56 Å². The maximum Gasteiger partial charge on any atom is 0.280 e. The quantitative estimate of drug-likeness (QED) is 0.594. The molecule has 1 aliphatic heterocycles. The van der Waals surface area contributed by atoms with Crippen LogP contribution >= 0.6 is 0 Å². The average molecular weight is 311 g/mol. The molecule has 0 radical (unpaired) electrons. The number of guanidine groups is 1. The number of hydrogen-bond acceptors (Lipinski definition) is 4. The Hall–Kier alpha value is -2.09. The summed E-state index contributed by atoms with van der Waals surface area (Å²) >= 11 is 0. The summed E-state index contributed by atoms with van der Waals surface area (Å²) in [6.07, 6.45) is 0.521. The molecule has 0 spiro atoms. The van der Waals surface area contributed by atoms with Crippen LogP contribution in [0.15, 0.2) is 22.0 Å². The first-order valence-corrected chi connectivity index (χ1v) is 7.99. The summed E-state index contributed by atoms with van der Waals surface area (Å²) < 4.78 is 30.1. The van der Waals surface area contributed by atoms with Crippen molar-refractivity contribution in [2.75, 3.05) is 6.61 Å². The van der Waals surface area contributed by atoms with Gasteiger partial charge in [0.2, 0.25) is 0 Å². The molecule has 2 rings (SSSR count). The fraction of sp³-hybridized carbons (Fsp3) is 0.385. The summed E-state index contributed by atoms with van der Waals surface area (Å²) in [5.74, 6) is -0.762. The second-order valence-electron chi connectivity index (χ2n) is 4.82. The van der Waals surface area contributed by atoms with Gasteiger partial charge in [0.15, 0.2) is 15.8 Å². The zero-order valence-corrected chi connectivity index (χ0v) is 12.6. The molecule has 0 bridgehead atoms. The molecule has 0 saturated carbocycles. The van der Waals surface area contributed by atoms with E-state index in [-0.39, 0.29) is 28.8 Å². The van der Waals surface area contributed by atoms with Crippen molar-refractivity contribution in [3.8, 4) is 5.75 Å². The number of aryl methyl sites for hydroxylation is 1. The monoisotopic (exact) mass is 311 g/mol. The first kappa shape index (κ1) is 15.3. The van der Waals surface area contributed by atoms with Gasteiger partial charge in [-0.3, -0.25) is 4.79 Å². The third kappa shape index (κ3) is 2.71. The second kappa shape index (κ2) is 5.36. The second-order valence-corrected chi connectivity index (χ2v) is 7.15. The predicted octanol–water partition coefficient (Wildman–Crippen LogP) is 0.217. The minimum atomic E-state index is -3.52. The van der Waals surface area contributed by atoms with Crippen molar-refractivity contribution in [1.29, 1.82) is 0 Å². The lowest BCUT2D eigenvalue weighted by molar-refractivity contribution is 0.100. The minimum absolute atomic E-state index is 0.00703. The number of carbonyl (C=O) groups excluding carboxylic acids is 1. The van der Waals surface area contributed by atoms with Crippen LogP contribution in [0.1, 0.15) is 29.8 Å². The van der Waals surface area contributed by atoms with Crippen molar-refractivity contribution in [3.63, 3.8) is 0 Å². The van der Waals surface area contributed by atoms with Gasteiger partial charge < -0.3 is 16.2 Å². The van der Waals surface area contributed by atoms with Gasteiger partial charge >= 0.3 is 0 Å². The summed E-state index contributed by atoms with van der Waals surface area (Å²) in [6, 6.07) is 2.86. The van der Waals surface area contributed by atoms with Crippen molar-refractivity contribution in [3.05, 3.63) is 23.3 Å². The molecular formula is C13H17N3O4S. The van der Waals surface area contributed by atoms with Gasteiger partial charge in [0.25, 0.3) is 5.91 Å². The summed E-state index contributed by atoms with van der Waals surface area (Å²) in [5.41, 5.74) is 11.2. The summed E-state index contributed by atoms with van der Waals surface area (Å²) in [5, 5.41) is -0.663. The lowest BCUT2D eigenvalue weighted by Gasteiger charge is -2.24. The largest absolute Gasteiger partial charge is 0.491 e. The van der Waals surface area contributed by atoms with Crippen LogP contribution < -0.4 is 16.2 Å². The standard InChI is InChI=1S/C13H17N3O4S/c1-3-8-4-10-11(21(18,19)7(2)6-20-10)5-9(8)12(17)16-13(14)15/h4-5,7H,3,6H2,1-2H3,(H4,14,15,16,17). The Morgan fingerprint density at radius 2 is 2.10 bits per heavy atom. The molecule has 1 heterocycles. The minimum Gasteiger partial charge on any atom is -0.491 e. The number of rotatable bonds is 2. The molecule has 0 fully saturated rings. The molecule has 21 heavy (non-hydrogen) atoms. The molecule has 0 saturated heterocycles. The van der Waals surface area contributed by atoms with E-state index in [1.165, 1.54) is 6.07 Å². The van der Waals surface area contributed by atoms with Crippen molar-refractivity contribution in [1.82, 2.24) is 0 Å². The van der Waals surface area contributed by atoms with Gasteiger partial charge in [0.1, 0.15) is 17.3 Å². The Bertz CT molecular complexity index is 721. The summed E-state index contributed by atoms with van der Waals surface area (Å²) in [4.78, 5) is 15.5. The molecule has 114 valence electrons. The van der Waals surface area contributed by atoms with E-state index < -0.39 is 21.0 Å². The number of ether oxygens (including phenoxy) is 1. The Kier molecular flexibility index (Phi) is 3.91. The van der Waals surface area contributed by atoms with Crippen molar-refractivity contribution >= 4 is 21.7 Å². The van der Waals surface area contributed by atoms with E-state index in [0.717, 1.165) is 0 Å². The van der Waals surface area contributed by atoms with Crippen molar-refractivity contribution in [2.24, 2.45) is 16.5 Å². The van der Waals surface area contributed by atoms with E-state index >= 15 is 0 Å². The maximum atomic E-state index is 12.3. The Morgan fingerprint density at radius 3 is 2.67 bits per heavy atom. The molecule has 1 atom stereocenters. The van der Waals surface area contributed by atoms with Crippen LogP contribution in [0, 0.1) is 0 Å². The lowest BCUT2D eigenvalue weighted by atomic mass is 10.0. The molecule has 1 unspecified atom stereocenters. The van der Waals surface area contributed by atoms with Crippen LogP contribution in [0.5, 0.6) is 5.75 Å². The van der Waals surface area contributed by atoms with Gasteiger partial charge in [-0.15, -0.1) is 0 Å². The predicted molar refractivity (Wildman–Crippen MR) is 78.1 cm³/mol. The summed E-state index contributed by atoms with van der Waals surface area (Å²) in [7, 11) is -3.52. The molecule has 1 amide bonds. The van der Waals surface area contributed by atoms with Crippen LogP contribution in [0.3, 0.4) is 0 Å². The fourth-order valence-electron chi connectivity index (χ4n) is 2.12. The van der Waals surface area contributed by atoms with Gasteiger partial charge in [-0.25, -0.2) is 8.42 Å². The normalized spacial score (nSPS) is 19.2. The van der Waals surface area contributed by atoms with Gasteiger partial charge in [-0.2, -0.15) is 4.99 Å². The number of sulfone groups is 1. The Balaban J connectivity index is 2.66. The molecule has 8 heteroatoms. The Labute approximate surface area is 122 Å². The third-order valence-corrected chi connectivity index (χ3v) is 5.45. The number of nitrogens with two attached hydrogens (primary N) is 2. The third-order valence-electron chi connectivity index (χ3n) is 3.32. The molecular weight excluding hydrogens is 294 g/mol. The van der Waals surface area contributed by atoms with Crippen molar-refractivity contribution in [2.45, 2.75) is 30.4 Å². The lowest BCUT2D eigenvalue weighted by Crippen LogP contribution is -2.30. The van der Waals surface area contributed by atoms with Gasteiger partial charge in [0.05, 0.1) is 5.25 Å². The van der Waals surface area contributed by atoms with Gasteiger partial charge in [-0.1, -0.05) is 6.92 Å². The van der Waals surface area contributed by atoms with E-state index in [1.54, 1.807) is 13.0 Å². The van der Waals surface area contributed by atoms with E-state index in [1.807, 2.05) is 6.92 Å². The molecule has 7 nitrogen and oxygen atoms in total. The number of carbonyl (C=O) groups is 1. The smallest absolute Gasteiger partial charge is 0.280 e. The Morgan fingerprint density at radius 1 is 1.43 bits per heavy atom. The van der Waals surface area contributed by atoms with Crippen molar-refractivity contribution < 1.29 is 17.9 Å². The number of aliphatic imine (C=N–C) groups is 1. The highest BCUT2D eigenvalue weighted by Crippen LogP contribution is 2.34. The zero-order valence-electron chi connectivity index (χ0n) is 11.8. The number of nitrogens with zero attached hydrogens (tertiary/aromatic N) is 1. The van der Waals surface area contributed by atoms with E-state index in [2.05, 4.69) is 4.99 Å². The highest BCUT2D eigenvalue weighted by molar-refractivity contribution is 7.92. The topological polar surface area (TPSA) is 125 Å². The number of amides is 1. The molecule has 4 N–H and O–H groups in total. The zero-order chi connectivity index (χ0) is 15.8. The number of fused-ring (bicyclic) bond motifs is 1. The molecule has 0 aromatic heterocycles. The average Bonchev–Trinajstić information content (AvgIpc) is 2.41. The van der Waals surface area contributed by atoms with Crippen LogP contribution in [-0.4, -0.2) is 32.1 Å². The van der Waals surface area contributed by atoms with Crippen LogP contribution in [0.25, 0.3) is 0 Å². The van der Waals surface area contributed by atoms with E-state index in [4.69, 9.17) is 16.2 Å². The highest BCUT2D eigenvalue weighted by atomic mass is 32.2. The number of hydrogen-bond donors (Lipinski definition) is 2. The molecule has 1 aromatic carbocycles. The summed E-state index contributed by atoms with van der Waals surface area (Å²) in [6.45, 7) is 3.50. The molecule has 1 aliphatic rings. The van der Waals surface area contributed by atoms with E-state index in [0.29, 0.717) is 12.0 Å². The SMILES string of the molecule is CCc1cc2c(cc1C(=O)N=C(N)N)S(=O)(=O)C(C)CO2. The van der Waals surface area contributed by atoms with Crippen LogP contribution in [0.2, 0.25) is 0 Å². The first-order chi connectivity index (χ1) is 9.77. The number of benzene rings is 1. The van der Waals surface area contributed by atoms with Gasteiger partial charge in [-0.05, 0) is 31.0 Å². The first-order valence-electron chi connectivity index (χ1n) is 6.45. The fourth-order valence-corrected chi connectivity index (χ4v) is 3.48.